The van der Waals surface area contributed by atoms with Gasteiger partial charge in [0.1, 0.15) is 21.6 Å². The molecule has 2 aliphatic rings. The number of nitrogen functional groups attached to an aromatic ring is 1. The molecule has 5 rings (SSSR count). The van der Waals surface area contributed by atoms with Gasteiger partial charge in [0.15, 0.2) is 0 Å². The van der Waals surface area contributed by atoms with Crippen LogP contribution in [0.3, 0.4) is 0 Å². The van der Waals surface area contributed by atoms with Gasteiger partial charge in [-0.15, -0.1) is 0 Å². The van der Waals surface area contributed by atoms with Gasteiger partial charge in [-0.25, -0.2) is 9.97 Å². The average molecular weight is 468 g/mol. The normalized spacial score (nSPS) is 17.0. The monoisotopic (exact) mass is 467 g/mol. The first-order valence-electron chi connectivity index (χ1n) is 10.7. The molecule has 166 valence electrons. The second kappa shape index (κ2) is 9.11. The van der Waals surface area contributed by atoms with Crippen LogP contribution < -0.4 is 16.4 Å². The van der Waals surface area contributed by atoms with Crippen LogP contribution in [-0.4, -0.2) is 44.6 Å². The summed E-state index contributed by atoms with van der Waals surface area (Å²) in [7, 11) is 0. The molecule has 0 spiro atoms. The molecule has 0 radical (unpaired) electrons. The van der Waals surface area contributed by atoms with Crippen molar-refractivity contribution in [1.29, 1.82) is 0 Å². The van der Waals surface area contributed by atoms with Gasteiger partial charge in [0.2, 0.25) is 4.21 Å². The number of pyridine rings is 2. The van der Waals surface area contributed by atoms with E-state index >= 15 is 0 Å². The van der Waals surface area contributed by atoms with Crippen molar-refractivity contribution in [2.75, 3.05) is 30.7 Å². The Labute approximate surface area is 193 Å². The summed E-state index contributed by atoms with van der Waals surface area (Å²) in [6.45, 7) is 1.23. The number of hydrogen-bond acceptors (Lipinski definition) is 8. The first-order chi connectivity index (χ1) is 15.7. The Morgan fingerprint density at radius 3 is 2.88 bits per heavy atom. The maximum atomic E-state index is 13.1. The first kappa shape index (κ1) is 21.3. The predicted octanol–water partition coefficient (Wildman–Crippen LogP) is 3.51. The number of dihydropyridines is 1. The zero-order valence-electron chi connectivity index (χ0n) is 17.5. The molecule has 4 heterocycles. The SMILES string of the molecule is Nc1c([S+]([O-])C2CCC2)sc2nc(-c3ccc(NCCO)nc3)cc(C3=CC=CCN3)c12. The molecule has 0 saturated heterocycles. The Hall–Kier alpha value is -2.59. The van der Waals surface area contributed by atoms with Gasteiger partial charge in [-0.05, 0) is 43.5 Å². The molecule has 9 heteroatoms. The molecule has 1 aliphatic carbocycles. The molecule has 3 aromatic heterocycles. The molecule has 1 unspecified atom stereocenters. The predicted molar refractivity (Wildman–Crippen MR) is 132 cm³/mol. The van der Waals surface area contributed by atoms with Crippen LogP contribution in [0.25, 0.3) is 27.2 Å². The maximum absolute atomic E-state index is 13.1. The lowest BCUT2D eigenvalue weighted by Gasteiger charge is -2.27. The van der Waals surface area contributed by atoms with Crippen LogP contribution in [0.5, 0.6) is 0 Å². The van der Waals surface area contributed by atoms with Crippen molar-refractivity contribution >= 4 is 49.9 Å². The molecular weight excluding hydrogens is 442 g/mol. The summed E-state index contributed by atoms with van der Waals surface area (Å²) in [4.78, 5) is 10.1. The van der Waals surface area contributed by atoms with Gasteiger partial charge >= 0.3 is 0 Å². The molecule has 0 amide bonds. The third-order valence-corrected chi connectivity index (χ3v) is 9.08. The first-order valence-corrected chi connectivity index (χ1v) is 12.7. The number of aliphatic hydroxyl groups excluding tert-OH is 1. The van der Waals surface area contributed by atoms with Crippen molar-refractivity contribution in [1.82, 2.24) is 15.3 Å². The lowest BCUT2D eigenvalue weighted by molar-refractivity contribution is 0.311. The number of anilines is 2. The van der Waals surface area contributed by atoms with E-state index in [2.05, 4.69) is 21.7 Å². The van der Waals surface area contributed by atoms with Crippen LogP contribution in [0, 0.1) is 0 Å². The zero-order chi connectivity index (χ0) is 22.1. The van der Waals surface area contributed by atoms with Crippen molar-refractivity contribution in [3.05, 3.63) is 48.2 Å². The van der Waals surface area contributed by atoms with E-state index in [1.807, 2.05) is 30.4 Å². The second-order valence-electron chi connectivity index (χ2n) is 7.86. The lowest BCUT2D eigenvalue weighted by Crippen LogP contribution is -2.28. The van der Waals surface area contributed by atoms with Gasteiger partial charge < -0.3 is 26.0 Å². The standard InChI is InChI=1S/C23H25N5O2S2/c24-21-20-16(17-6-1-2-9-25-17)12-18(14-7-8-19(27-13-14)26-10-11-29)28-22(20)31-23(21)32(30)15-4-3-5-15/h1-2,6-8,12-13,15,25,29H,3-5,9-11,24H2,(H,26,27). The number of hydrogen-bond donors (Lipinski definition) is 4. The molecule has 0 bridgehead atoms. The molecule has 5 N–H and O–H groups in total. The van der Waals surface area contributed by atoms with E-state index in [1.54, 1.807) is 6.20 Å². The van der Waals surface area contributed by atoms with Gasteiger partial charge in [0.25, 0.3) is 0 Å². The van der Waals surface area contributed by atoms with E-state index < -0.39 is 11.2 Å². The lowest BCUT2D eigenvalue weighted by atomic mass is 10.00. The van der Waals surface area contributed by atoms with Crippen LogP contribution in [-0.2, 0) is 11.2 Å². The maximum Gasteiger partial charge on any atom is 0.232 e. The van der Waals surface area contributed by atoms with Crippen LogP contribution in [0.2, 0.25) is 0 Å². The molecule has 32 heavy (non-hydrogen) atoms. The van der Waals surface area contributed by atoms with E-state index in [0.29, 0.717) is 18.1 Å². The van der Waals surface area contributed by atoms with Gasteiger partial charge in [-0.3, -0.25) is 0 Å². The smallest absolute Gasteiger partial charge is 0.232 e. The Bertz CT molecular complexity index is 1190. The molecule has 3 aromatic rings. The van der Waals surface area contributed by atoms with Gasteiger partial charge in [-0.2, -0.15) is 0 Å². The summed E-state index contributed by atoms with van der Waals surface area (Å²) < 4.78 is 13.9. The fourth-order valence-electron chi connectivity index (χ4n) is 3.83. The third-order valence-electron chi connectivity index (χ3n) is 5.78. The van der Waals surface area contributed by atoms with Crippen molar-refractivity contribution in [2.24, 2.45) is 0 Å². The van der Waals surface area contributed by atoms with E-state index in [9.17, 15) is 4.55 Å². The van der Waals surface area contributed by atoms with Gasteiger partial charge in [0.05, 0.1) is 12.3 Å². The Morgan fingerprint density at radius 1 is 1.34 bits per heavy atom. The van der Waals surface area contributed by atoms with Crippen LogP contribution >= 0.6 is 11.3 Å². The van der Waals surface area contributed by atoms with Gasteiger partial charge in [-0.1, -0.05) is 23.5 Å². The summed E-state index contributed by atoms with van der Waals surface area (Å²) in [6.07, 6.45) is 11.0. The Kier molecular flexibility index (Phi) is 6.05. The molecule has 1 saturated carbocycles. The minimum Gasteiger partial charge on any atom is -0.611 e. The highest BCUT2D eigenvalue weighted by Gasteiger charge is 2.35. The van der Waals surface area contributed by atoms with E-state index in [-0.39, 0.29) is 11.9 Å². The Morgan fingerprint density at radius 2 is 2.22 bits per heavy atom. The summed E-state index contributed by atoms with van der Waals surface area (Å²) in [5, 5.41) is 16.5. The number of aromatic nitrogens is 2. The highest BCUT2D eigenvalue weighted by atomic mass is 32.2. The number of nitrogens with one attached hydrogen (secondary N) is 2. The van der Waals surface area contributed by atoms with Crippen LogP contribution in [0.15, 0.2) is 46.8 Å². The second-order valence-corrected chi connectivity index (χ2v) is 10.8. The number of allylic oxidation sites excluding steroid dienone is 2. The number of nitrogens with two attached hydrogens (primary N) is 1. The minimum atomic E-state index is -1.10. The zero-order valence-corrected chi connectivity index (χ0v) is 19.1. The number of thiophene rings is 1. The molecule has 0 aromatic carbocycles. The molecule has 1 atom stereocenters. The van der Waals surface area contributed by atoms with Crippen molar-refractivity contribution in [2.45, 2.75) is 28.7 Å². The third kappa shape index (κ3) is 3.97. The molecule has 1 aliphatic heterocycles. The topological polar surface area (TPSA) is 119 Å². The highest BCUT2D eigenvalue weighted by molar-refractivity contribution is 7.94. The summed E-state index contributed by atoms with van der Waals surface area (Å²) in [5.41, 5.74) is 10.8. The summed E-state index contributed by atoms with van der Waals surface area (Å²) in [6, 6.07) is 5.85. The average Bonchev–Trinajstić information content (AvgIpc) is 3.13. The number of rotatable bonds is 7. The largest absolute Gasteiger partial charge is 0.611 e. The highest BCUT2D eigenvalue weighted by Crippen LogP contribution is 2.44. The van der Waals surface area contributed by atoms with E-state index in [0.717, 1.165) is 62.8 Å². The minimum absolute atomic E-state index is 0.0476. The van der Waals surface area contributed by atoms with Crippen LogP contribution in [0.1, 0.15) is 24.8 Å². The summed E-state index contributed by atoms with van der Waals surface area (Å²) in [5.74, 6) is 0.699. The van der Waals surface area contributed by atoms with Crippen LogP contribution in [0.4, 0.5) is 11.5 Å². The number of fused-ring (bicyclic) bond motifs is 1. The quantitative estimate of drug-likeness (QED) is 0.393. The molecule has 1 fully saturated rings. The van der Waals surface area contributed by atoms with Gasteiger partial charge in [0, 0.05) is 52.7 Å². The Balaban J connectivity index is 1.61. The van der Waals surface area contributed by atoms with E-state index in [1.165, 1.54) is 11.3 Å². The fraction of sp³-hybridized carbons (Fsp3) is 0.304. The fourth-order valence-corrected chi connectivity index (χ4v) is 7.04. The number of aliphatic hydroxyl groups is 1. The molecule has 7 nitrogen and oxygen atoms in total. The summed E-state index contributed by atoms with van der Waals surface area (Å²) >= 11 is 0.343. The van der Waals surface area contributed by atoms with Crippen molar-refractivity contribution in [3.8, 4) is 11.3 Å². The molecular formula is C23H25N5O2S2. The van der Waals surface area contributed by atoms with E-state index in [4.69, 9.17) is 15.8 Å². The van der Waals surface area contributed by atoms with Crippen molar-refractivity contribution < 1.29 is 9.66 Å². The number of nitrogens with zero attached hydrogens (tertiary/aromatic N) is 2. The van der Waals surface area contributed by atoms with Crippen molar-refractivity contribution in [3.63, 3.8) is 0 Å².